The number of benzene rings is 1. The molecule has 0 spiro atoms. The number of aliphatic hydroxyl groups excluding tert-OH is 1. The molecule has 0 amide bonds. The number of nitrogens with zero attached hydrogens (tertiary/aromatic N) is 1. The molecular formula is C14H14FNO. The maximum Gasteiger partial charge on any atom is 0.123 e. The quantitative estimate of drug-likeness (QED) is 0.881. The lowest BCUT2D eigenvalue weighted by Crippen LogP contribution is -2.03. The smallest absolute Gasteiger partial charge is 0.123 e. The van der Waals surface area contributed by atoms with Crippen LogP contribution in [0.25, 0.3) is 0 Å². The van der Waals surface area contributed by atoms with Crippen LogP contribution in [0.4, 0.5) is 4.39 Å². The standard InChI is InChI=1S/C14H14FNO/c1-10-8-13(15)3-2-12(10)9-14(17)11-4-6-16-7-5-11/h2-8,14,17H,9H2,1H3. The van der Waals surface area contributed by atoms with Crippen LogP contribution in [0.2, 0.25) is 0 Å². The molecule has 2 rings (SSSR count). The Labute approximate surface area is 99.8 Å². The minimum absolute atomic E-state index is 0.246. The molecule has 0 aliphatic heterocycles. The SMILES string of the molecule is Cc1cc(F)ccc1CC(O)c1ccncc1. The molecule has 1 heterocycles. The average molecular weight is 231 g/mol. The summed E-state index contributed by atoms with van der Waals surface area (Å²) in [5.74, 6) is -0.246. The summed E-state index contributed by atoms with van der Waals surface area (Å²) in [5, 5.41) is 10.0. The van der Waals surface area contributed by atoms with Crippen molar-refractivity contribution >= 4 is 0 Å². The fourth-order valence-corrected chi connectivity index (χ4v) is 1.80. The molecule has 1 aromatic carbocycles. The fourth-order valence-electron chi connectivity index (χ4n) is 1.80. The maximum absolute atomic E-state index is 12.9. The Bertz CT molecular complexity index is 499. The van der Waals surface area contributed by atoms with Gasteiger partial charge in [0.2, 0.25) is 0 Å². The molecule has 1 aromatic heterocycles. The first-order valence-electron chi connectivity index (χ1n) is 5.50. The van der Waals surface area contributed by atoms with E-state index in [4.69, 9.17) is 0 Å². The van der Waals surface area contributed by atoms with Crippen LogP contribution in [-0.4, -0.2) is 10.1 Å². The second-order valence-electron chi connectivity index (χ2n) is 4.07. The first-order chi connectivity index (χ1) is 8.16. The van der Waals surface area contributed by atoms with Gasteiger partial charge < -0.3 is 5.11 Å². The van der Waals surface area contributed by atoms with Crippen LogP contribution in [0, 0.1) is 12.7 Å². The van der Waals surface area contributed by atoms with Crippen LogP contribution >= 0.6 is 0 Å². The van der Waals surface area contributed by atoms with E-state index in [1.807, 2.05) is 6.92 Å². The van der Waals surface area contributed by atoms with Crippen molar-refractivity contribution in [3.05, 3.63) is 65.2 Å². The minimum Gasteiger partial charge on any atom is -0.388 e. The Morgan fingerprint density at radius 1 is 1.24 bits per heavy atom. The first-order valence-corrected chi connectivity index (χ1v) is 5.50. The van der Waals surface area contributed by atoms with Crippen LogP contribution < -0.4 is 0 Å². The van der Waals surface area contributed by atoms with E-state index in [1.54, 1.807) is 30.6 Å². The van der Waals surface area contributed by atoms with Crippen LogP contribution in [0.5, 0.6) is 0 Å². The number of aromatic nitrogens is 1. The normalized spacial score (nSPS) is 12.4. The monoisotopic (exact) mass is 231 g/mol. The molecule has 17 heavy (non-hydrogen) atoms. The van der Waals surface area contributed by atoms with Gasteiger partial charge >= 0.3 is 0 Å². The third-order valence-electron chi connectivity index (χ3n) is 2.81. The maximum atomic E-state index is 12.9. The molecule has 2 aromatic rings. The summed E-state index contributed by atoms with van der Waals surface area (Å²) in [4.78, 5) is 3.90. The Morgan fingerprint density at radius 2 is 1.94 bits per heavy atom. The zero-order valence-corrected chi connectivity index (χ0v) is 9.60. The fraction of sp³-hybridized carbons (Fsp3) is 0.214. The van der Waals surface area contributed by atoms with Crippen LogP contribution in [0.3, 0.4) is 0 Å². The number of rotatable bonds is 3. The molecule has 1 N–H and O–H groups in total. The Kier molecular flexibility index (Phi) is 3.49. The molecule has 0 saturated carbocycles. The van der Waals surface area contributed by atoms with Gasteiger partial charge in [-0.3, -0.25) is 4.98 Å². The summed E-state index contributed by atoms with van der Waals surface area (Å²) in [7, 11) is 0. The van der Waals surface area contributed by atoms with E-state index >= 15 is 0 Å². The van der Waals surface area contributed by atoms with E-state index in [1.165, 1.54) is 12.1 Å². The van der Waals surface area contributed by atoms with Crippen molar-refractivity contribution in [2.75, 3.05) is 0 Å². The molecule has 0 aliphatic carbocycles. The Morgan fingerprint density at radius 3 is 2.59 bits per heavy atom. The van der Waals surface area contributed by atoms with Gasteiger partial charge in [-0.2, -0.15) is 0 Å². The third-order valence-corrected chi connectivity index (χ3v) is 2.81. The number of hydrogen-bond acceptors (Lipinski definition) is 2. The van der Waals surface area contributed by atoms with Crippen LogP contribution in [-0.2, 0) is 6.42 Å². The molecular weight excluding hydrogens is 217 g/mol. The molecule has 1 atom stereocenters. The zero-order chi connectivity index (χ0) is 12.3. The van der Waals surface area contributed by atoms with Crippen LogP contribution in [0.1, 0.15) is 22.8 Å². The summed E-state index contributed by atoms with van der Waals surface area (Å²) >= 11 is 0. The topological polar surface area (TPSA) is 33.1 Å². The summed E-state index contributed by atoms with van der Waals surface area (Å²) in [6, 6.07) is 8.18. The van der Waals surface area contributed by atoms with Gasteiger partial charge in [-0.1, -0.05) is 6.07 Å². The van der Waals surface area contributed by atoms with Crippen molar-refractivity contribution in [2.24, 2.45) is 0 Å². The number of halogens is 1. The summed E-state index contributed by atoms with van der Waals surface area (Å²) in [6.07, 6.45) is 3.20. The highest BCUT2D eigenvalue weighted by molar-refractivity contribution is 5.28. The summed E-state index contributed by atoms with van der Waals surface area (Å²) in [6.45, 7) is 1.84. The lowest BCUT2D eigenvalue weighted by atomic mass is 9.99. The van der Waals surface area contributed by atoms with E-state index in [9.17, 15) is 9.50 Å². The highest BCUT2D eigenvalue weighted by Gasteiger charge is 2.10. The lowest BCUT2D eigenvalue weighted by Gasteiger charge is -2.12. The molecule has 0 saturated heterocycles. The van der Waals surface area contributed by atoms with E-state index in [2.05, 4.69) is 4.98 Å². The highest BCUT2D eigenvalue weighted by atomic mass is 19.1. The van der Waals surface area contributed by atoms with Gasteiger partial charge in [-0.25, -0.2) is 4.39 Å². The van der Waals surface area contributed by atoms with Gasteiger partial charge in [0.15, 0.2) is 0 Å². The second-order valence-corrected chi connectivity index (χ2v) is 4.07. The number of aryl methyl sites for hydroxylation is 1. The second kappa shape index (κ2) is 5.06. The van der Waals surface area contributed by atoms with E-state index < -0.39 is 6.10 Å². The van der Waals surface area contributed by atoms with Crippen molar-refractivity contribution in [3.63, 3.8) is 0 Å². The van der Waals surface area contributed by atoms with Gasteiger partial charge in [-0.15, -0.1) is 0 Å². The van der Waals surface area contributed by atoms with Crippen molar-refractivity contribution in [1.29, 1.82) is 0 Å². The molecule has 0 fully saturated rings. The van der Waals surface area contributed by atoms with Gasteiger partial charge in [0, 0.05) is 18.8 Å². The van der Waals surface area contributed by atoms with Gasteiger partial charge in [-0.05, 0) is 47.9 Å². The van der Waals surface area contributed by atoms with Gasteiger partial charge in [0.1, 0.15) is 5.82 Å². The molecule has 0 radical (unpaired) electrons. The van der Waals surface area contributed by atoms with Crippen molar-refractivity contribution < 1.29 is 9.50 Å². The molecule has 3 heteroatoms. The van der Waals surface area contributed by atoms with Crippen molar-refractivity contribution in [3.8, 4) is 0 Å². The lowest BCUT2D eigenvalue weighted by molar-refractivity contribution is 0.178. The van der Waals surface area contributed by atoms with Crippen molar-refractivity contribution in [1.82, 2.24) is 4.98 Å². The van der Waals surface area contributed by atoms with Gasteiger partial charge in [0.25, 0.3) is 0 Å². The largest absolute Gasteiger partial charge is 0.388 e. The van der Waals surface area contributed by atoms with Crippen molar-refractivity contribution in [2.45, 2.75) is 19.4 Å². The van der Waals surface area contributed by atoms with Gasteiger partial charge in [0.05, 0.1) is 6.10 Å². The molecule has 1 unspecified atom stereocenters. The number of hydrogen-bond donors (Lipinski definition) is 1. The Hall–Kier alpha value is -1.74. The first kappa shape index (κ1) is 11.7. The summed E-state index contributed by atoms with van der Waals surface area (Å²) < 4.78 is 12.9. The molecule has 88 valence electrons. The van der Waals surface area contributed by atoms with E-state index in [0.717, 1.165) is 16.7 Å². The summed E-state index contributed by atoms with van der Waals surface area (Å²) in [5.41, 5.74) is 2.64. The van der Waals surface area contributed by atoms with E-state index in [-0.39, 0.29) is 5.82 Å². The van der Waals surface area contributed by atoms with E-state index in [0.29, 0.717) is 6.42 Å². The molecule has 2 nitrogen and oxygen atoms in total. The highest BCUT2D eigenvalue weighted by Crippen LogP contribution is 2.20. The number of pyridine rings is 1. The molecule has 0 bridgehead atoms. The Balaban J connectivity index is 2.16. The predicted octanol–water partition coefficient (Wildman–Crippen LogP) is 2.81. The average Bonchev–Trinajstić information content (AvgIpc) is 2.34. The molecule has 0 aliphatic rings. The zero-order valence-electron chi connectivity index (χ0n) is 9.60. The minimum atomic E-state index is -0.581. The number of aliphatic hydroxyl groups is 1. The third kappa shape index (κ3) is 2.88. The van der Waals surface area contributed by atoms with Crippen LogP contribution in [0.15, 0.2) is 42.7 Å². The predicted molar refractivity (Wildman–Crippen MR) is 64.0 cm³/mol.